The number of aliphatic hydroxyl groups excluding tert-OH is 1. The van der Waals surface area contributed by atoms with Crippen LogP contribution in [0.3, 0.4) is 0 Å². The fourth-order valence-corrected chi connectivity index (χ4v) is 3.65. The van der Waals surface area contributed by atoms with Gasteiger partial charge in [-0.2, -0.15) is 13.2 Å². The molecule has 1 heterocycles. The fourth-order valence-electron chi connectivity index (χ4n) is 3.65. The van der Waals surface area contributed by atoms with E-state index in [-0.39, 0.29) is 34.1 Å². The first-order chi connectivity index (χ1) is 12.2. The van der Waals surface area contributed by atoms with Crippen LogP contribution in [0.4, 0.5) is 26.3 Å². The molecule has 3 aromatic rings. The van der Waals surface area contributed by atoms with E-state index in [9.17, 15) is 31.4 Å². The molecule has 2 aromatic carbocycles. The van der Waals surface area contributed by atoms with Crippen molar-refractivity contribution in [3.63, 3.8) is 0 Å². The molecule has 2 atom stereocenters. The van der Waals surface area contributed by atoms with Crippen molar-refractivity contribution in [1.82, 2.24) is 4.98 Å². The van der Waals surface area contributed by atoms with Crippen molar-refractivity contribution in [2.24, 2.45) is 0 Å². The molecule has 0 aliphatic heterocycles. The van der Waals surface area contributed by atoms with Gasteiger partial charge in [-0.15, -0.1) is 0 Å². The van der Waals surface area contributed by atoms with E-state index in [4.69, 9.17) is 0 Å². The second kappa shape index (κ2) is 5.51. The molecule has 2 unspecified atom stereocenters. The lowest BCUT2D eigenvalue weighted by molar-refractivity contribution is -0.210. The monoisotopic (exact) mass is 371 g/mol. The Bertz CT molecular complexity index is 1020. The predicted octanol–water partition coefficient (Wildman–Crippen LogP) is 4.82. The van der Waals surface area contributed by atoms with E-state index >= 15 is 0 Å². The second-order valence-corrected chi connectivity index (χ2v) is 6.32. The highest BCUT2D eigenvalue weighted by atomic mass is 19.4. The van der Waals surface area contributed by atoms with Crippen LogP contribution in [0.15, 0.2) is 30.3 Å². The molecule has 0 saturated heterocycles. The van der Waals surface area contributed by atoms with Crippen molar-refractivity contribution < 1.29 is 31.4 Å². The maximum absolute atomic E-state index is 14.1. The van der Waals surface area contributed by atoms with Gasteiger partial charge in [-0.05, 0) is 41.8 Å². The van der Waals surface area contributed by atoms with E-state index in [2.05, 4.69) is 4.98 Å². The number of benzene rings is 2. The largest absolute Gasteiger partial charge is 0.414 e. The number of nitrogens with one attached hydrogen (secondary N) is 1. The summed E-state index contributed by atoms with van der Waals surface area (Å²) >= 11 is 0. The molecule has 1 aromatic heterocycles. The molecule has 2 nitrogen and oxygen atoms in total. The van der Waals surface area contributed by atoms with Gasteiger partial charge in [0, 0.05) is 22.9 Å². The average Bonchev–Trinajstić information content (AvgIpc) is 2.92. The minimum atomic E-state index is -4.94. The number of halogens is 6. The summed E-state index contributed by atoms with van der Waals surface area (Å²) in [7, 11) is 0. The molecule has 136 valence electrons. The summed E-state index contributed by atoms with van der Waals surface area (Å²) in [5.74, 6) is -4.06. The molecule has 0 amide bonds. The minimum Gasteiger partial charge on any atom is -0.383 e. The standard InChI is InChI=1S/C18H11F6NO/c19-8-1-2-10-7(3-8)4-12(17(26)18(22,23)24)14-11-5-9(20)6-13(21)15(11)25-16(10)14/h1-3,5-6,12,17,25-26H,4H2. The van der Waals surface area contributed by atoms with Gasteiger partial charge in [-0.1, -0.05) is 0 Å². The zero-order valence-electron chi connectivity index (χ0n) is 13.0. The lowest BCUT2D eigenvalue weighted by Crippen LogP contribution is -2.36. The van der Waals surface area contributed by atoms with Crippen molar-refractivity contribution in [2.45, 2.75) is 24.6 Å². The summed E-state index contributed by atoms with van der Waals surface area (Å²) in [4.78, 5) is 2.68. The lowest BCUT2D eigenvalue weighted by atomic mass is 9.78. The van der Waals surface area contributed by atoms with Crippen LogP contribution < -0.4 is 0 Å². The second-order valence-electron chi connectivity index (χ2n) is 6.32. The van der Waals surface area contributed by atoms with Crippen LogP contribution in [0.2, 0.25) is 0 Å². The van der Waals surface area contributed by atoms with E-state index in [0.29, 0.717) is 11.6 Å². The third-order valence-corrected chi connectivity index (χ3v) is 4.73. The summed E-state index contributed by atoms with van der Waals surface area (Å²) in [5.41, 5.74) is 0.579. The van der Waals surface area contributed by atoms with Gasteiger partial charge in [-0.25, -0.2) is 13.2 Å². The van der Waals surface area contributed by atoms with E-state index in [1.165, 1.54) is 6.07 Å². The van der Waals surface area contributed by atoms with Gasteiger partial charge in [0.15, 0.2) is 6.10 Å². The zero-order chi connectivity index (χ0) is 18.8. The molecule has 0 radical (unpaired) electrons. The van der Waals surface area contributed by atoms with Gasteiger partial charge >= 0.3 is 6.18 Å². The summed E-state index contributed by atoms with van der Waals surface area (Å²) in [6.07, 6.45) is -8.02. The van der Waals surface area contributed by atoms with E-state index in [1.54, 1.807) is 0 Å². The van der Waals surface area contributed by atoms with Crippen LogP contribution in [0.25, 0.3) is 22.2 Å². The molecule has 0 spiro atoms. The number of rotatable bonds is 1. The first-order valence-electron chi connectivity index (χ1n) is 7.71. The number of alkyl halides is 3. The average molecular weight is 371 g/mol. The summed E-state index contributed by atoms with van der Waals surface area (Å²) in [6, 6.07) is 5.12. The first kappa shape index (κ1) is 17.0. The van der Waals surface area contributed by atoms with Crippen molar-refractivity contribution in [3.8, 4) is 11.3 Å². The Kier molecular flexibility index (Phi) is 3.59. The topological polar surface area (TPSA) is 36.0 Å². The van der Waals surface area contributed by atoms with Crippen LogP contribution in [-0.4, -0.2) is 22.4 Å². The SMILES string of the molecule is OC(C1Cc2cc(F)ccc2-c2[nH]c3c(F)cc(F)cc3c21)C(F)(F)F. The smallest absolute Gasteiger partial charge is 0.383 e. The molecule has 1 aliphatic carbocycles. The van der Waals surface area contributed by atoms with Crippen LogP contribution in [0.5, 0.6) is 0 Å². The predicted molar refractivity (Wildman–Crippen MR) is 82.1 cm³/mol. The molecule has 26 heavy (non-hydrogen) atoms. The van der Waals surface area contributed by atoms with Gasteiger partial charge in [-0.3, -0.25) is 0 Å². The molecule has 0 saturated carbocycles. The Hall–Kier alpha value is -2.48. The van der Waals surface area contributed by atoms with Crippen LogP contribution in [0, 0.1) is 17.5 Å². The Morgan fingerprint density at radius 3 is 2.46 bits per heavy atom. The third kappa shape index (κ3) is 2.47. The molecule has 4 rings (SSSR count). The Morgan fingerprint density at radius 1 is 1.04 bits per heavy atom. The number of fused-ring (bicyclic) bond motifs is 5. The highest BCUT2D eigenvalue weighted by Gasteiger charge is 2.47. The van der Waals surface area contributed by atoms with Crippen LogP contribution >= 0.6 is 0 Å². The molecule has 2 N–H and O–H groups in total. The maximum Gasteiger partial charge on any atom is 0.414 e. The van der Waals surface area contributed by atoms with Crippen molar-refractivity contribution in [2.75, 3.05) is 0 Å². The number of aliphatic hydroxyl groups is 1. The number of aromatic nitrogens is 1. The van der Waals surface area contributed by atoms with Crippen molar-refractivity contribution >= 4 is 10.9 Å². The Labute approximate surface area is 143 Å². The van der Waals surface area contributed by atoms with Gasteiger partial charge in [0.2, 0.25) is 0 Å². The number of H-pyrrole nitrogens is 1. The molecule has 0 fully saturated rings. The first-order valence-corrected chi connectivity index (χ1v) is 7.71. The normalized spacial score (nSPS) is 17.9. The third-order valence-electron chi connectivity index (χ3n) is 4.73. The molecular formula is C18H11F6NO. The fraction of sp³-hybridized carbons (Fsp3) is 0.222. The number of hydrogen-bond donors (Lipinski definition) is 2. The molecule has 1 aliphatic rings. The quantitative estimate of drug-likeness (QED) is 0.592. The van der Waals surface area contributed by atoms with Crippen LogP contribution in [-0.2, 0) is 6.42 Å². The van der Waals surface area contributed by atoms with E-state index in [0.717, 1.165) is 18.2 Å². The Morgan fingerprint density at radius 2 is 1.77 bits per heavy atom. The summed E-state index contributed by atoms with van der Waals surface area (Å²) in [6.45, 7) is 0. The van der Waals surface area contributed by atoms with Gasteiger partial charge < -0.3 is 10.1 Å². The van der Waals surface area contributed by atoms with Gasteiger partial charge in [0.25, 0.3) is 0 Å². The lowest BCUT2D eigenvalue weighted by Gasteiger charge is -2.30. The highest BCUT2D eigenvalue weighted by molar-refractivity contribution is 5.93. The minimum absolute atomic E-state index is 0.0256. The number of hydrogen-bond acceptors (Lipinski definition) is 1. The van der Waals surface area contributed by atoms with Crippen molar-refractivity contribution in [1.29, 1.82) is 0 Å². The molecular weight excluding hydrogens is 360 g/mol. The highest BCUT2D eigenvalue weighted by Crippen LogP contribution is 2.47. The van der Waals surface area contributed by atoms with E-state index < -0.39 is 35.6 Å². The van der Waals surface area contributed by atoms with Crippen LogP contribution in [0.1, 0.15) is 17.0 Å². The van der Waals surface area contributed by atoms with E-state index in [1.807, 2.05) is 0 Å². The number of aromatic amines is 1. The molecule has 0 bridgehead atoms. The summed E-state index contributed by atoms with van der Waals surface area (Å²) in [5, 5.41) is 9.78. The molecule has 8 heteroatoms. The zero-order valence-corrected chi connectivity index (χ0v) is 13.0. The van der Waals surface area contributed by atoms with Gasteiger partial charge in [0.05, 0.1) is 11.2 Å². The van der Waals surface area contributed by atoms with Crippen molar-refractivity contribution in [3.05, 3.63) is 58.9 Å². The maximum atomic E-state index is 14.1. The van der Waals surface area contributed by atoms with Gasteiger partial charge in [0.1, 0.15) is 17.5 Å². The summed E-state index contributed by atoms with van der Waals surface area (Å²) < 4.78 is 80.8. The Balaban J connectivity index is 2.05.